The third-order valence-corrected chi connectivity index (χ3v) is 4.93. The maximum atomic E-state index is 9.34. The van der Waals surface area contributed by atoms with Gasteiger partial charge in [-0.15, -0.1) is 11.3 Å². The van der Waals surface area contributed by atoms with E-state index in [0.29, 0.717) is 5.56 Å². The van der Waals surface area contributed by atoms with Gasteiger partial charge in [-0.1, -0.05) is 52.5 Å². The first-order valence-corrected chi connectivity index (χ1v) is 7.21. The lowest BCUT2D eigenvalue weighted by atomic mass is 9.99. The van der Waals surface area contributed by atoms with Crippen molar-refractivity contribution in [3.8, 4) is 6.07 Å². The van der Waals surface area contributed by atoms with Gasteiger partial charge in [-0.25, -0.2) is 0 Å². The van der Waals surface area contributed by atoms with Crippen molar-refractivity contribution in [2.45, 2.75) is 5.92 Å². The molecule has 1 nitrogen and oxygen atoms in total. The highest BCUT2D eigenvalue weighted by Gasteiger charge is 2.24. The van der Waals surface area contributed by atoms with E-state index in [9.17, 15) is 5.26 Å². The molecule has 0 bridgehead atoms. The Hall–Kier alpha value is -0.430. The molecule has 0 aliphatic rings. The summed E-state index contributed by atoms with van der Waals surface area (Å²) in [5, 5.41) is 12.3. The first-order valence-electron chi connectivity index (χ1n) is 4.82. The molecule has 0 aliphatic heterocycles. The number of hydrogen-bond donors (Lipinski definition) is 0. The van der Waals surface area contributed by atoms with Gasteiger partial charge in [0.15, 0.2) is 0 Å². The number of hydrogen-bond acceptors (Lipinski definition) is 2. The monoisotopic (exact) mass is 335 g/mol. The number of nitriles is 1. The minimum absolute atomic E-state index is 0.269. The Bertz CT molecular complexity index is 590. The van der Waals surface area contributed by atoms with E-state index < -0.39 is 5.92 Å². The molecular formula is C12H5Cl4NS. The van der Waals surface area contributed by atoms with Crippen LogP contribution in [0.3, 0.4) is 0 Å². The van der Waals surface area contributed by atoms with E-state index in [1.54, 1.807) is 0 Å². The van der Waals surface area contributed by atoms with E-state index >= 15 is 0 Å². The van der Waals surface area contributed by atoms with Gasteiger partial charge in [0.1, 0.15) is 5.92 Å². The minimum Gasteiger partial charge on any atom is -0.197 e. The summed E-state index contributed by atoms with van der Waals surface area (Å²) in [4.78, 5) is 0.847. The smallest absolute Gasteiger partial charge is 0.108 e. The predicted octanol–water partition coefficient (Wildman–Crippen LogP) is 6.02. The Balaban J connectivity index is 2.67. The van der Waals surface area contributed by atoms with E-state index in [1.807, 2.05) is 17.5 Å². The van der Waals surface area contributed by atoms with Crippen LogP contribution in [0.1, 0.15) is 16.4 Å². The van der Waals surface area contributed by atoms with Gasteiger partial charge >= 0.3 is 0 Å². The number of halogens is 4. The Morgan fingerprint density at radius 3 is 2.17 bits per heavy atom. The van der Waals surface area contributed by atoms with E-state index in [4.69, 9.17) is 46.4 Å². The van der Waals surface area contributed by atoms with Gasteiger partial charge in [-0.2, -0.15) is 5.26 Å². The summed E-state index contributed by atoms with van der Waals surface area (Å²) < 4.78 is 0. The van der Waals surface area contributed by atoms with Gasteiger partial charge in [-0.3, -0.25) is 0 Å². The summed E-state index contributed by atoms with van der Waals surface area (Å²) in [6.07, 6.45) is 0. The molecule has 18 heavy (non-hydrogen) atoms. The molecule has 0 saturated carbocycles. The molecule has 0 saturated heterocycles. The zero-order valence-corrected chi connectivity index (χ0v) is 12.6. The van der Waals surface area contributed by atoms with Crippen molar-refractivity contribution < 1.29 is 0 Å². The van der Waals surface area contributed by atoms with Crippen molar-refractivity contribution in [3.63, 3.8) is 0 Å². The largest absolute Gasteiger partial charge is 0.197 e. The molecule has 0 aliphatic carbocycles. The van der Waals surface area contributed by atoms with Gasteiger partial charge in [0, 0.05) is 10.4 Å². The summed E-state index contributed by atoms with van der Waals surface area (Å²) in [5.41, 5.74) is 0.459. The topological polar surface area (TPSA) is 23.8 Å². The minimum atomic E-state index is -0.568. The van der Waals surface area contributed by atoms with Gasteiger partial charge < -0.3 is 0 Å². The highest BCUT2D eigenvalue weighted by Crippen LogP contribution is 2.43. The van der Waals surface area contributed by atoms with Gasteiger partial charge in [0.2, 0.25) is 0 Å². The second kappa shape index (κ2) is 5.69. The second-order valence-electron chi connectivity index (χ2n) is 3.46. The summed E-state index contributed by atoms with van der Waals surface area (Å²) in [5.74, 6) is -0.568. The van der Waals surface area contributed by atoms with Crippen molar-refractivity contribution in [3.05, 3.63) is 54.1 Å². The zero-order chi connectivity index (χ0) is 13.3. The second-order valence-corrected chi connectivity index (χ2v) is 6.01. The van der Waals surface area contributed by atoms with E-state index in [0.717, 1.165) is 4.88 Å². The van der Waals surface area contributed by atoms with Crippen LogP contribution in [0.2, 0.25) is 20.1 Å². The van der Waals surface area contributed by atoms with Crippen molar-refractivity contribution >= 4 is 57.7 Å². The molecule has 0 spiro atoms. The standard InChI is InChI=1S/C12H5Cl4NS/c13-7-4-8(14)12(16)10(11(7)15)6(5-17)9-2-1-3-18-9/h1-4,6H. The zero-order valence-electron chi connectivity index (χ0n) is 8.75. The van der Waals surface area contributed by atoms with Crippen molar-refractivity contribution in [2.24, 2.45) is 0 Å². The SMILES string of the molecule is N#CC(c1cccs1)c1c(Cl)c(Cl)cc(Cl)c1Cl. The van der Waals surface area contributed by atoms with Crippen LogP contribution in [0.4, 0.5) is 0 Å². The molecule has 2 rings (SSSR count). The molecule has 0 N–H and O–H groups in total. The lowest BCUT2D eigenvalue weighted by molar-refractivity contribution is 1.07. The third-order valence-electron chi connectivity index (χ3n) is 2.39. The summed E-state index contributed by atoms with van der Waals surface area (Å²) in [6, 6.07) is 7.36. The summed E-state index contributed by atoms with van der Waals surface area (Å²) >= 11 is 25.7. The van der Waals surface area contributed by atoms with Crippen LogP contribution in [0.15, 0.2) is 23.6 Å². The molecule has 1 aromatic heterocycles. The van der Waals surface area contributed by atoms with E-state index in [-0.39, 0.29) is 20.1 Å². The molecule has 6 heteroatoms. The maximum Gasteiger partial charge on any atom is 0.108 e. The highest BCUT2D eigenvalue weighted by molar-refractivity contribution is 7.10. The quantitative estimate of drug-likeness (QED) is 0.615. The van der Waals surface area contributed by atoms with Crippen molar-refractivity contribution in [1.82, 2.24) is 0 Å². The molecule has 92 valence electrons. The molecule has 1 heterocycles. The molecule has 1 unspecified atom stereocenters. The molecule has 0 amide bonds. The van der Waals surface area contributed by atoms with Crippen LogP contribution >= 0.6 is 57.7 Å². The number of rotatable bonds is 2. The molecular weight excluding hydrogens is 332 g/mol. The van der Waals surface area contributed by atoms with Crippen LogP contribution < -0.4 is 0 Å². The fourth-order valence-electron chi connectivity index (χ4n) is 1.57. The average molecular weight is 337 g/mol. The van der Waals surface area contributed by atoms with Gasteiger partial charge in [0.05, 0.1) is 26.2 Å². The Kier molecular flexibility index (Phi) is 4.42. The summed E-state index contributed by atoms with van der Waals surface area (Å²) in [6.45, 7) is 0. The molecule has 1 aromatic carbocycles. The van der Waals surface area contributed by atoms with Crippen LogP contribution in [0.5, 0.6) is 0 Å². The predicted molar refractivity (Wildman–Crippen MR) is 78.3 cm³/mol. The van der Waals surface area contributed by atoms with Crippen LogP contribution in [-0.4, -0.2) is 0 Å². The Labute approximate surface area is 128 Å². The molecule has 0 fully saturated rings. The average Bonchev–Trinajstić information content (AvgIpc) is 2.85. The number of nitrogens with zero attached hydrogens (tertiary/aromatic N) is 1. The number of thiophene rings is 1. The van der Waals surface area contributed by atoms with E-state index in [2.05, 4.69) is 6.07 Å². The normalized spacial score (nSPS) is 12.2. The summed E-state index contributed by atoms with van der Waals surface area (Å²) in [7, 11) is 0. The first-order chi connectivity index (χ1) is 8.56. The highest BCUT2D eigenvalue weighted by atomic mass is 35.5. The Morgan fingerprint density at radius 1 is 1.11 bits per heavy atom. The first kappa shape index (κ1) is 14.0. The van der Waals surface area contributed by atoms with Crippen molar-refractivity contribution in [2.75, 3.05) is 0 Å². The fourth-order valence-corrected chi connectivity index (χ4v) is 3.39. The molecule has 1 atom stereocenters. The van der Waals surface area contributed by atoms with E-state index in [1.165, 1.54) is 17.4 Å². The van der Waals surface area contributed by atoms with Crippen LogP contribution in [0.25, 0.3) is 0 Å². The maximum absolute atomic E-state index is 9.34. The lowest BCUT2D eigenvalue weighted by Gasteiger charge is -2.14. The number of benzene rings is 1. The lowest BCUT2D eigenvalue weighted by Crippen LogP contribution is -1.99. The van der Waals surface area contributed by atoms with Crippen molar-refractivity contribution in [1.29, 1.82) is 5.26 Å². The molecule has 0 radical (unpaired) electrons. The Morgan fingerprint density at radius 2 is 1.72 bits per heavy atom. The van der Waals surface area contributed by atoms with Crippen LogP contribution in [0, 0.1) is 11.3 Å². The van der Waals surface area contributed by atoms with Crippen LogP contribution in [-0.2, 0) is 0 Å². The fraction of sp³-hybridized carbons (Fsp3) is 0.0833. The van der Waals surface area contributed by atoms with Gasteiger partial charge in [-0.05, 0) is 17.5 Å². The van der Waals surface area contributed by atoms with Gasteiger partial charge in [0.25, 0.3) is 0 Å². The molecule has 2 aromatic rings. The third kappa shape index (κ3) is 2.47.